The number of oxazole rings is 1. The Morgan fingerprint density at radius 1 is 1.43 bits per heavy atom. The second-order valence-electron chi connectivity index (χ2n) is 4.66. The smallest absolute Gasteiger partial charge is 0.253 e. The van der Waals surface area contributed by atoms with Gasteiger partial charge in [0, 0.05) is 17.3 Å². The van der Waals surface area contributed by atoms with Crippen LogP contribution in [0.15, 0.2) is 28.8 Å². The third-order valence-electron chi connectivity index (χ3n) is 2.86. The van der Waals surface area contributed by atoms with Crippen LogP contribution in [0.2, 0.25) is 5.02 Å². The van der Waals surface area contributed by atoms with E-state index in [1.54, 1.807) is 18.3 Å². The molecular formula is C15H18ClN3O2. The van der Waals surface area contributed by atoms with Gasteiger partial charge in [-0.15, -0.1) is 0 Å². The molecule has 0 aliphatic heterocycles. The number of hydrogen-bond acceptors (Lipinski definition) is 4. The largest absolute Gasteiger partial charge is 0.444 e. The topological polar surface area (TPSA) is 67.2 Å². The summed E-state index contributed by atoms with van der Waals surface area (Å²) in [5, 5.41) is 6.52. The summed E-state index contributed by atoms with van der Waals surface area (Å²) in [6, 6.07) is 5.21. The van der Waals surface area contributed by atoms with E-state index in [1.165, 1.54) is 0 Å². The molecule has 5 nitrogen and oxygen atoms in total. The van der Waals surface area contributed by atoms with Crippen molar-refractivity contribution in [1.29, 1.82) is 0 Å². The number of carbonyl (C=O) groups excluding carboxylic acids is 1. The van der Waals surface area contributed by atoms with E-state index < -0.39 is 0 Å². The van der Waals surface area contributed by atoms with Gasteiger partial charge in [-0.25, -0.2) is 4.98 Å². The highest BCUT2D eigenvalue weighted by Gasteiger charge is 2.13. The number of benzene rings is 1. The summed E-state index contributed by atoms with van der Waals surface area (Å²) in [5.74, 6) is 0.977. The van der Waals surface area contributed by atoms with Crippen molar-refractivity contribution >= 4 is 23.2 Å². The first-order chi connectivity index (χ1) is 10.1. The molecule has 1 amide bonds. The van der Waals surface area contributed by atoms with Crippen LogP contribution in [0.25, 0.3) is 0 Å². The van der Waals surface area contributed by atoms with Gasteiger partial charge in [0.1, 0.15) is 5.76 Å². The Bertz CT molecular complexity index is 625. The Kier molecular flexibility index (Phi) is 5.22. The highest BCUT2D eigenvalue weighted by molar-refractivity contribution is 6.31. The molecule has 2 rings (SSSR count). The molecule has 0 aliphatic rings. The summed E-state index contributed by atoms with van der Waals surface area (Å²) in [4.78, 5) is 16.3. The normalized spacial score (nSPS) is 10.4. The number of rotatable bonds is 6. The van der Waals surface area contributed by atoms with E-state index >= 15 is 0 Å². The van der Waals surface area contributed by atoms with Gasteiger partial charge in [0.05, 0.1) is 18.3 Å². The van der Waals surface area contributed by atoms with Crippen LogP contribution in [0.3, 0.4) is 0 Å². The molecule has 0 bridgehead atoms. The monoisotopic (exact) mass is 307 g/mol. The second-order valence-corrected chi connectivity index (χ2v) is 5.10. The second kappa shape index (κ2) is 7.13. The van der Waals surface area contributed by atoms with Crippen LogP contribution in [-0.4, -0.2) is 17.4 Å². The molecule has 0 saturated heterocycles. The van der Waals surface area contributed by atoms with Crippen LogP contribution in [0.4, 0.5) is 5.69 Å². The van der Waals surface area contributed by atoms with Crippen molar-refractivity contribution in [2.24, 2.45) is 0 Å². The highest BCUT2D eigenvalue weighted by atomic mass is 35.5. The van der Waals surface area contributed by atoms with Gasteiger partial charge >= 0.3 is 0 Å². The van der Waals surface area contributed by atoms with Crippen molar-refractivity contribution in [3.63, 3.8) is 0 Å². The van der Waals surface area contributed by atoms with Gasteiger partial charge in [0.2, 0.25) is 5.89 Å². The number of carbonyl (C=O) groups is 1. The lowest BCUT2D eigenvalue weighted by Crippen LogP contribution is -2.24. The zero-order valence-corrected chi connectivity index (χ0v) is 12.8. The van der Waals surface area contributed by atoms with Crippen LogP contribution in [0.5, 0.6) is 0 Å². The average molecular weight is 308 g/mol. The van der Waals surface area contributed by atoms with Crippen LogP contribution < -0.4 is 10.6 Å². The quantitative estimate of drug-likeness (QED) is 0.858. The standard InChI is InChI=1S/C15H18ClN3O2/c1-3-6-17-13-5-4-11(16)7-12(13)15(20)19-9-14-18-8-10(2)21-14/h4-5,7-8,17H,3,6,9H2,1-2H3,(H,19,20). The lowest BCUT2D eigenvalue weighted by molar-refractivity contribution is 0.0948. The van der Waals surface area contributed by atoms with Gasteiger partial charge in [-0.05, 0) is 31.5 Å². The molecule has 1 aromatic carbocycles. The summed E-state index contributed by atoms with van der Waals surface area (Å²) >= 11 is 5.98. The molecule has 2 aromatic rings. The molecule has 0 atom stereocenters. The van der Waals surface area contributed by atoms with Crippen molar-refractivity contribution < 1.29 is 9.21 Å². The lowest BCUT2D eigenvalue weighted by atomic mass is 10.1. The van der Waals surface area contributed by atoms with E-state index in [0.717, 1.165) is 18.7 Å². The molecule has 1 heterocycles. The van der Waals surface area contributed by atoms with Crippen LogP contribution in [0.1, 0.15) is 35.4 Å². The molecular weight excluding hydrogens is 290 g/mol. The van der Waals surface area contributed by atoms with Crippen LogP contribution in [0, 0.1) is 6.92 Å². The van der Waals surface area contributed by atoms with E-state index in [-0.39, 0.29) is 12.5 Å². The first-order valence-electron chi connectivity index (χ1n) is 6.83. The van der Waals surface area contributed by atoms with Crippen molar-refractivity contribution in [1.82, 2.24) is 10.3 Å². The molecule has 0 radical (unpaired) electrons. The minimum atomic E-state index is -0.216. The minimum absolute atomic E-state index is 0.216. The SMILES string of the molecule is CCCNc1ccc(Cl)cc1C(=O)NCc1ncc(C)o1. The molecule has 2 N–H and O–H groups in total. The number of anilines is 1. The Hall–Kier alpha value is -2.01. The molecule has 112 valence electrons. The van der Waals surface area contributed by atoms with Crippen molar-refractivity contribution in [3.8, 4) is 0 Å². The fourth-order valence-electron chi connectivity index (χ4n) is 1.85. The molecule has 21 heavy (non-hydrogen) atoms. The van der Waals surface area contributed by atoms with E-state index in [4.69, 9.17) is 16.0 Å². The molecule has 0 spiro atoms. The number of hydrogen-bond donors (Lipinski definition) is 2. The fourth-order valence-corrected chi connectivity index (χ4v) is 2.02. The van der Waals surface area contributed by atoms with Crippen LogP contribution >= 0.6 is 11.6 Å². The van der Waals surface area contributed by atoms with Crippen molar-refractivity contribution in [2.45, 2.75) is 26.8 Å². The molecule has 0 fully saturated rings. The zero-order chi connectivity index (χ0) is 15.2. The van der Waals surface area contributed by atoms with Gasteiger partial charge in [0.25, 0.3) is 5.91 Å². The first kappa shape index (κ1) is 15.4. The maximum absolute atomic E-state index is 12.3. The number of aryl methyl sites for hydroxylation is 1. The van der Waals surface area contributed by atoms with Crippen molar-refractivity contribution in [3.05, 3.63) is 46.6 Å². The van der Waals surface area contributed by atoms with E-state index in [0.29, 0.717) is 22.2 Å². The van der Waals surface area contributed by atoms with Gasteiger partial charge in [-0.2, -0.15) is 0 Å². The van der Waals surface area contributed by atoms with Gasteiger partial charge in [0.15, 0.2) is 0 Å². The zero-order valence-electron chi connectivity index (χ0n) is 12.1. The maximum atomic E-state index is 12.3. The minimum Gasteiger partial charge on any atom is -0.444 e. The Labute approximate surface area is 128 Å². The lowest BCUT2D eigenvalue weighted by Gasteiger charge is -2.11. The molecule has 0 aliphatic carbocycles. The van der Waals surface area contributed by atoms with Gasteiger partial charge < -0.3 is 15.1 Å². The summed E-state index contributed by atoms with van der Waals surface area (Å²) in [7, 11) is 0. The Morgan fingerprint density at radius 3 is 2.90 bits per heavy atom. The predicted molar refractivity (Wildman–Crippen MR) is 82.6 cm³/mol. The molecule has 0 unspecified atom stereocenters. The number of nitrogens with one attached hydrogen (secondary N) is 2. The maximum Gasteiger partial charge on any atom is 0.253 e. The third-order valence-corrected chi connectivity index (χ3v) is 3.10. The summed E-state index contributed by atoms with van der Waals surface area (Å²) in [5.41, 5.74) is 1.28. The van der Waals surface area contributed by atoms with Gasteiger partial charge in [-0.3, -0.25) is 4.79 Å². The summed E-state index contributed by atoms with van der Waals surface area (Å²) in [6.07, 6.45) is 2.59. The number of halogens is 1. The first-order valence-corrected chi connectivity index (χ1v) is 7.21. The van der Waals surface area contributed by atoms with Crippen molar-refractivity contribution in [2.75, 3.05) is 11.9 Å². The molecule has 6 heteroatoms. The summed E-state index contributed by atoms with van der Waals surface area (Å²) in [6.45, 7) is 4.91. The van der Waals surface area contributed by atoms with E-state index in [9.17, 15) is 4.79 Å². The average Bonchev–Trinajstić information content (AvgIpc) is 2.89. The Balaban J connectivity index is 2.08. The molecule has 0 saturated carbocycles. The number of aromatic nitrogens is 1. The Morgan fingerprint density at radius 2 is 2.24 bits per heavy atom. The van der Waals surface area contributed by atoms with Gasteiger partial charge in [-0.1, -0.05) is 18.5 Å². The fraction of sp³-hybridized carbons (Fsp3) is 0.333. The van der Waals surface area contributed by atoms with Crippen LogP contribution in [-0.2, 0) is 6.54 Å². The number of amides is 1. The predicted octanol–water partition coefficient (Wildman–Crippen LogP) is 3.39. The van der Waals surface area contributed by atoms with E-state index in [2.05, 4.69) is 22.5 Å². The summed E-state index contributed by atoms with van der Waals surface area (Å²) < 4.78 is 5.32. The highest BCUT2D eigenvalue weighted by Crippen LogP contribution is 2.21. The van der Waals surface area contributed by atoms with E-state index in [1.807, 2.05) is 13.0 Å². The molecule has 1 aromatic heterocycles. The number of nitrogens with zero attached hydrogens (tertiary/aromatic N) is 1. The third kappa shape index (κ3) is 4.23.